The van der Waals surface area contributed by atoms with E-state index in [1.165, 1.54) is 0 Å². The lowest BCUT2D eigenvalue weighted by molar-refractivity contribution is 0.0992. The van der Waals surface area contributed by atoms with Crippen molar-refractivity contribution in [2.75, 3.05) is 37.5 Å². The van der Waals surface area contributed by atoms with Gasteiger partial charge in [0.2, 0.25) is 5.88 Å². The van der Waals surface area contributed by atoms with Gasteiger partial charge in [-0.3, -0.25) is 4.79 Å². The Morgan fingerprint density at radius 3 is 2.32 bits per heavy atom. The highest BCUT2D eigenvalue weighted by atomic mass is 16.5. The zero-order valence-electron chi connectivity index (χ0n) is 13.4. The molecule has 1 aromatic heterocycles. The van der Waals surface area contributed by atoms with E-state index in [0.29, 0.717) is 18.1 Å². The van der Waals surface area contributed by atoms with Crippen molar-refractivity contribution in [2.45, 2.75) is 6.92 Å². The highest BCUT2D eigenvalue weighted by molar-refractivity contribution is 6.05. The Morgan fingerprint density at radius 1 is 1.09 bits per heavy atom. The molecule has 0 bridgehead atoms. The van der Waals surface area contributed by atoms with Crippen LogP contribution in [0.4, 0.5) is 11.4 Å². The molecule has 1 heterocycles. The molecule has 0 saturated heterocycles. The molecule has 2 rings (SSSR count). The van der Waals surface area contributed by atoms with Crippen LogP contribution >= 0.6 is 0 Å². The fourth-order valence-corrected chi connectivity index (χ4v) is 2.05. The third-order valence-electron chi connectivity index (χ3n) is 3.33. The third-order valence-corrected chi connectivity index (χ3v) is 3.33. The SMILES string of the molecule is CCOc1cc(C(=O)N(C)c2ccc(N(C)C)cc2)ccn1. The Morgan fingerprint density at radius 2 is 1.73 bits per heavy atom. The number of pyridine rings is 1. The van der Waals surface area contributed by atoms with Gasteiger partial charge in [-0.2, -0.15) is 0 Å². The molecule has 0 atom stereocenters. The van der Waals surface area contributed by atoms with Gasteiger partial charge in [0.05, 0.1) is 6.61 Å². The molecule has 0 spiro atoms. The van der Waals surface area contributed by atoms with Gasteiger partial charge in [0.15, 0.2) is 0 Å². The summed E-state index contributed by atoms with van der Waals surface area (Å²) in [4.78, 5) is 20.3. The molecule has 5 heteroatoms. The number of hydrogen-bond acceptors (Lipinski definition) is 4. The molecule has 0 fully saturated rings. The molecule has 0 aliphatic heterocycles. The summed E-state index contributed by atoms with van der Waals surface area (Å²) in [6.07, 6.45) is 1.58. The zero-order valence-corrected chi connectivity index (χ0v) is 13.4. The quantitative estimate of drug-likeness (QED) is 0.851. The van der Waals surface area contributed by atoms with E-state index in [1.54, 1.807) is 30.3 Å². The number of amides is 1. The van der Waals surface area contributed by atoms with Crippen LogP contribution in [0.3, 0.4) is 0 Å². The zero-order chi connectivity index (χ0) is 16.1. The second-order valence-electron chi connectivity index (χ2n) is 5.09. The van der Waals surface area contributed by atoms with E-state index in [9.17, 15) is 4.79 Å². The van der Waals surface area contributed by atoms with Gasteiger partial charge >= 0.3 is 0 Å². The van der Waals surface area contributed by atoms with Gasteiger partial charge < -0.3 is 14.5 Å². The first-order valence-electron chi connectivity index (χ1n) is 7.17. The maximum atomic E-state index is 12.6. The van der Waals surface area contributed by atoms with Gasteiger partial charge in [0, 0.05) is 50.3 Å². The van der Waals surface area contributed by atoms with Crippen molar-refractivity contribution in [3.05, 3.63) is 48.2 Å². The molecule has 0 aliphatic carbocycles. The lowest BCUT2D eigenvalue weighted by Crippen LogP contribution is -2.26. The number of carbonyl (C=O) groups excluding carboxylic acids is 1. The number of rotatable bonds is 5. The van der Waals surface area contributed by atoms with Crippen molar-refractivity contribution < 1.29 is 9.53 Å². The third kappa shape index (κ3) is 3.55. The number of aromatic nitrogens is 1. The molecule has 0 unspecified atom stereocenters. The van der Waals surface area contributed by atoms with Crippen molar-refractivity contribution in [3.63, 3.8) is 0 Å². The van der Waals surface area contributed by atoms with E-state index in [-0.39, 0.29) is 5.91 Å². The number of hydrogen-bond donors (Lipinski definition) is 0. The van der Waals surface area contributed by atoms with Crippen molar-refractivity contribution >= 4 is 17.3 Å². The molecule has 1 aromatic carbocycles. The highest BCUT2D eigenvalue weighted by Gasteiger charge is 2.14. The van der Waals surface area contributed by atoms with E-state index in [4.69, 9.17) is 4.74 Å². The minimum absolute atomic E-state index is 0.0963. The van der Waals surface area contributed by atoms with Crippen LogP contribution in [0.1, 0.15) is 17.3 Å². The van der Waals surface area contributed by atoms with Crippen molar-refractivity contribution in [1.82, 2.24) is 4.98 Å². The van der Waals surface area contributed by atoms with Crippen LogP contribution < -0.4 is 14.5 Å². The summed E-state index contributed by atoms with van der Waals surface area (Å²) in [7, 11) is 5.72. The van der Waals surface area contributed by atoms with Crippen molar-refractivity contribution in [2.24, 2.45) is 0 Å². The number of benzene rings is 1. The molecule has 0 aliphatic rings. The summed E-state index contributed by atoms with van der Waals surface area (Å²) in [6, 6.07) is 11.2. The first-order valence-corrected chi connectivity index (χ1v) is 7.17. The fourth-order valence-electron chi connectivity index (χ4n) is 2.05. The normalized spacial score (nSPS) is 10.2. The molecule has 22 heavy (non-hydrogen) atoms. The van der Waals surface area contributed by atoms with Crippen LogP contribution in [0.25, 0.3) is 0 Å². The largest absolute Gasteiger partial charge is 0.478 e. The van der Waals surface area contributed by atoms with E-state index in [0.717, 1.165) is 11.4 Å². The molecule has 0 radical (unpaired) electrons. The molecule has 5 nitrogen and oxygen atoms in total. The maximum absolute atomic E-state index is 12.6. The van der Waals surface area contributed by atoms with Crippen LogP contribution in [0.2, 0.25) is 0 Å². The first-order chi connectivity index (χ1) is 10.5. The topological polar surface area (TPSA) is 45.7 Å². The van der Waals surface area contributed by atoms with Crippen LogP contribution in [-0.4, -0.2) is 38.6 Å². The Kier molecular flexibility index (Phi) is 4.99. The summed E-state index contributed by atoms with van der Waals surface area (Å²) >= 11 is 0. The standard InChI is InChI=1S/C17H21N3O2/c1-5-22-16-12-13(10-11-18-16)17(21)20(4)15-8-6-14(7-9-15)19(2)3/h6-12H,5H2,1-4H3. The van der Waals surface area contributed by atoms with Gasteiger partial charge in [-0.15, -0.1) is 0 Å². The average molecular weight is 299 g/mol. The lowest BCUT2D eigenvalue weighted by Gasteiger charge is -2.19. The van der Waals surface area contributed by atoms with Crippen molar-refractivity contribution in [3.8, 4) is 5.88 Å². The minimum Gasteiger partial charge on any atom is -0.478 e. The molecule has 1 amide bonds. The fraction of sp³-hybridized carbons (Fsp3) is 0.294. The second-order valence-corrected chi connectivity index (χ2v) is 5.09. The summed E-state index contributed by atoms with van der Waals surface area (Å²) in [6.45, 7) is 2.40. The number of carbonyl (C=O) groups is 1. The summed E-state index contributed by atoms with van der Waals surface area (Å²) in [5.41, 5.74) is 2.48. The van der Waals surface area contributed by atoms with E-state index in [2.05, 4.69) is 4.98 Å². The van der Waals surface area contributed by atoms with Gasteiger partial charge in [-0.05, 0) is 37.3 Å². The predicted molar refractivity (Wildman–Crippen MR) is 88.9 cm³/mol. The summed E-state index contributed by atoms with van der Waals surface area (Å²) in [5.74, 6) is 0.366. The van der Waals surface area contributed by atoms with Crippen molar-refractivity contribution in [1.29, 1.82) is 0 Å². The molecule has 2 aromatic rings. The van der Waals surface area contributed by atoms with E-state index < -0.39 is 0 Å². The number of nitrogens with zero attached hydrogens (tertiary/aromatic N) is 3. The smallest absolute Gasteiger partial charge is 0.258 e. The second kappa shape index (κ2) is 6.93. The van der Waals surface area contributed by atoms with Crippen LogP contribution in [0.5, 0.6) is 5.88 Å². The maximum Gasteiger partial charge on any atom is 0.258 e. The van der Waals surface area contributed by atoms with Gasteiger partial charge in [0.25, 0.3) is 5.91 Å². The van der Waals surface area contributed by atoms with Gasteiger partial charge in [-0.25, -0.2) is 4.98 Å². The Labute approximate surface area is 131 Å². The Bertz CT molecular complexity index is 639. The van der Waals surface area contributed by atoms with Crippen LogP contribution in [-0.2, 0) is 0 Å². The van der Waals surface area contributed by atoms with Crippen LogP contribution in [0.15, 0.2) is 42.6 Å². The molecular formula is C17H21N3O2. The molecule has 116 valence electrons. The Hall–Kier alpha value is -2.56. The molecule has 0 saturated carbocycles. The number of ether oxygens (including phenoxy) is 1. The summed E-state index contributed by atoms with van der Waals surface area (Å²) in [5, 5.41) is 0. The lowest BCUT2D eigenvalue weighted by atomic mass is 10.2. The Balaban J connectivity index is 2.19. The number of anilines is 2. The van der Waals surface area contributed by atoms with Gasteiger partial charge in [-0.1, -0.05) is 0 Å². The predicted octanol–water partition coefficient (Wildman–Crippen LogP) is 2.82. The van der Waals surface area contributed by atoms with Gasteiger partial charge in [0.1, 0.15) is 0 Å². The monoisotopic (exact) mass is 299 g/mol. The van der Waals surface area contributed by atoms with E-state index >= 15 is 0 Å². The van der Waals surface area contributed by atoms with Crippen LogP contribution in [0, 0.1) is 0 Å². The molecule has 0 N–H and O–H groups in total. The highest BCUT2D eigenvalue weighted by Crippen LogP contribution is 2.21. The average Bonchev–Trinajstić information content (AvgIpc) is 2.54. The van der Waals surface area contributed by atoms with E-state index in [1.807, 2.05) is 50.2 Å². The summed E-state index contributed by atoms with van der Waals surface area (Å²) < 4.78 is 5.34. The first kappa shape index (κ1) is 15.8. The molecular weight excluding hydrogens is 278 g/mol. The minimum atomic E-state index is -0.0963.